The number of rotatable bonds is 1. The average Bonchev–Trinajstić information content (AvgIpc) is 3.04. The Morgan fingerprint density at radius 3 is 2.90 bits per heavy atom. The second-order valence-electron chi connectivity index (χ2n) is 6.13. The number of fused-ring (bicyclic) bond motifs is 1. The maximum Gasteiger partial charge on any atom is 0.344 e. The van der Waals surface area contributed by atoms with Gasteiger partial charge in [-0.05, 0) is 12.5 Å². The van der Waals surface area contributed by atoms with E-state index in [1.165, 1.54) is 13.0 Å². The summed E-state index contributed by atoms with van der Waals surface area (Å²) in [4.78, 5) is 38.8. The summed E-state index contributed by atoms with van der Waals surface area (Å²) in [6.07, 6.45) is 6.05. The fourth-order valence-corrected chi connectivity index (χ4v) is 4.91. The molecule has 6 heteroatoms. The molecule has 3 fully saturated rings. The maximum atomic E-state index is 12.9. The van der Waals surface area contributed by atoms with E-state index >= 15 is 0 Å². The third kappa shape index (κ3) is 0.924. The predicted molar refractivity (Wildman–Crippen MR) is 66.7 cm³/mol. The zero-order valence-corrected chi connectivity index (χ0v) is 11.4. The standard InChI is InChI=1S/C14H17N2O4/c1-10(17)20-14-6-2-8-15(14)12(19)13-5-3-9-16(13,14)11(18)4-7-13/h4,7H,2-3,5-6,8-9H2,1H3/q+1. The summed E-state index contributed by atoms with van der Waals surface area (Å²) in [5.74, 6) is -1.67. The Kier molecular flexibility index (Phi) is 2.00. The molecule has 0 aromatic carbocycles. The van der Waals surface area contributed by atoms with Gasteiger partial charge in [0.25, 0.3) is 5.91 Å². The van der Waals surface area contributed by atoms with Gasteiger partial charge in [0.2, 0.25) is 5.54 Å². The summed E-state index contributed by atoms with van der Waals surface area (Å²) < 4.78 is 5.63. The highest BCUT2D eigenvalue weighted by atomic mass is 16.6. The molecule has 3 unspecified atom stereocenters. The highest BCUT2D eigenvalue weighted by molar-refractivity contribution is 6.00. The minimum Gasteiger partial charge on any atom is -0.390 e. The first kappa shape index (κ1) is 12.1. The van der Waals surface area contributed by atoms with E-state index in [-0.39, 0.29) is 16.3 Å². The van der Waals surface area contributed by atoms with Gasteiger partial charge in [-0.1, -0.05) is 0 Å². The number of quaternary nitrogens is 1. The molecule has 6 nitrogen and oxygen atoms in total. The summed E-state index contributed by atoms with van der Waals surface area (Å²) in [6.45, 7) is 2.48. The second kappa shape index (κ2) is 3.31. The van der Waals surface area contributed by atoms with Crippen molar-refractivity contribution in [3.05, 3.63) is 12.2 Å². The van der Waals surface area contributed by atoms with E-state index < -0.39 is 17.4 Å². The summed E-state index contributed by atoms with van der Waals surface area (Å²) in [7, 11) is 0. The lowest BCUT2D eigenvalue weighted by Crippen LogP contribution is -2.70. The van der Waals surface area contributed by atoms with Crippen LogP contribution >= 0.6 is 0 Å². The molecule has 4 aliphatic heterocycles. The molecule has 0 radical (unpaired) electrons. The minimum atomic E-state index is -1.10. The van der Waals surface area contributed by atoms with Crippen LogP contribution < -0.4 is 0 Å². The van der Waals surface area contributed by atoms with Crippen molar-refractivity contribution in [2.75, 3.05) is 13.1 Å². The molecule has 3 atom stereocenters. The predicted octanol–water partition coefficient (Wildman–Crippen LogP) is 0.285. The van der Waals surface area contributed by atoms with Crippen LogP contribution in [0.2, 0.25) is 0 Å². The first-order valence-electron chi connectivity index (χ1n) is 7.14. The number of hydrogen-bond acceptors (Lipinski definition) is 4. The average molecular weight is 277 g/mol. The lowest BCUT2D eigenvalue weighted by molar-refractivity contribution is -0.942. The van der Waals surface area contributed by atoms with Gasteiger partial charge < -0.3 is 4.74 Å². The van der Waals surface area contributed by atoms with Crippen molar-refractivity contribution in [2.24, 2.45) is 0 Å². The van der Waals surface area contributed by atoms with E-state index in [1.54, 1.807) is 11.0 Å². The number of esters is 1. The molecule has 20 heavy (non-hydrogen) atoms. The smallest absolute Gasteiger partial charge is 0.344 e. The summed E-state index contributed by atoms with van der Waals surface area (Å²) >= 11 is 0. The Hall–Kier alpha value is -1.69. The van der Waals surface area contributed by atoms with Crippen LogP contribution in [-0.2, 0) is 19.1 Å². The highest BCUT2D eigenvalue weighted by Gasteiger charge is 2.85. The number of hydrogen-bond donors (Lipinski definition) is 0. The molecule has 4 rings (SSSR count). The van der Waals surface area contributed by atoms with E-state index in [0.717, 1.165) is 12.8 Å². The maximum absolute atomic E-state index is 12.9. The van der Waals surface area contributed by atoms with Crippen LogP contribution in [0.25, 0.3) is 0 Å². The molecule has 3 saturated heterocycles. The second-order valence-corrected chi connectivity index (χ2v) is 6.13. The van der Waals surface area contributed by atoms with Crippen LogP contribution in [0.1, 0.15) is 32.6 Å². The topological polar surface area (TPSA) is 63.7 Å². The van der Waals surface area contributed by atoms with Gasteiger partial charge in [0, 0.05) is 32.4 Å². The van der Waals surface area contributed by atoms with E-state index in [4.69, 9.17) is 4.74 Å². The largest absolute Gasteiger partial charge is 0.390 e. The van der Waals surface area contributed by atoms with Gasteiger partial charge in [0.1, 0.15) is 0 Å². The van der Waals surface area contributed by atoms with Crippen molar-refractivity contribution in [2.45, 2.75) is 44.0 Å². The molecule has 0 aromatic heterocycles. The molecule has 0 bridgehead atoms. The van der Waals surface area contributed by atoms with Crippen LogP contribution in [0, 0.1) is 0 Å². The van der Waals surface area contributed by atoms with Crippen molar-refractivity contribution < 1.29 is 23.6 Å². The van der Waals surface area contributed by atoms with Gasteiger partial charge in [0.05, 0.1) is 13.0 Å². The lowest BCUT2D eigenvalue weighted by atomic mass is 9.96. The SMILES string of the molecule is CC(=O)OC12CCCN1C(=O)C13C=CC(=O)[N+]12CCC3. The summed E-state index contributed by atoms with van der Waals surface area (Å²) in [6, 6.07) is 0. The van der Waals surface area contributed by atoms with Crippen LogP contribution in [0.4, 0.5) is 0 Å². The quantitative estimate of drug-likeness (QED) is 0.510. The monoisotopic (exact) mass is 277 g/mol. The van der Waals surface area contributed by atoms with Crippen molar-refractivity contribution in [1.82, 2.24) is 4.90 Å². The fourth-order valence-electron chi connectivity index (χ4n) is 4.91. The Bertz CT molecular complexity index is 586. The number of ether oxygens (including phenoxy) is 1. The van der Waals surface area contributed by atoms with Crippen molar-refractivity contribution in [1.29, 1.82) is 0 Å². The number of carbonyl (C=O) groups is 3. The van der Waals surface area contributed by atoms with Gasteiger partial charge in [-0.15, -0.1) is 0 Å². The first-order chi connectivity index (χ1) is 9.50. The van der Waals surface area contributed by atoms with Crippen LogP contribution in [0.5, 0.6) is 0 Å². The van der Waals surface area contributed by atoms with Gasteiger partial charge in [-0.25, -0.2) is 9.69 Å². The van der Waals surface area contributed by atoms with E-state index in [9.17, 15) is 14.4 Å². The summed E-state index contributed by atoms with van der Waals surface area (Å²) in [5.41, 5.74) is -0.813. The third-order valence-corrected chi connectivity index (χ3v) is 5.44. The molecule has 4 aliphatic rings. The van der Waals surface area contributed by atoms with Crippen LogP contribution in [0.3, 0.4) is 0 Å². The van der Waals surface area contributed by atoms with E-state index in [2.05, 4.69) is 0 Å². The van der Waals surface area contributed by atoms with Crippen molar-refractivity contribution in [3.8, 4) is 0 Å². The van der Waals surface area contributed by atoms with E-state index in [0.29, 0.717) is 25.9 Å². The first-order valence-corrected chi connectivity index (χ1v) is 7.14. The molecule has 2 amide bonds. The van der Waals surface area contributed by atoms with Gasteiger partial charge >= 0.3 is 17.7 Å². The summed E-state index contributed by atoms with van der Waals surface area (Å²) in [5, 5.41) is 0. The minimum absolute atomic E-state index is 0.0294. The zero-order chi connectivity index (χ0) is 14.2. The Morgan fingerprint density at radius 1 is 1.35 bits per heavy atom. The van der Waals surface area contributed by atoms with E-state index in [1.807, 2.05) is 0 Å². The number of amides is 2. The van der Waals surface area contributed by atoms with Gasteiger partial charge in [0.15, 0.2) is 0 Å². The highest BCUT2D eigenvalue weighted by Crippen LogP contribution is 2.60. The van der Waals surface area contributed by atoms with Crippen molar-refractivity contribution >= 4 is 17.8 Å². The molecule has 0 saturated carbocycles. The van der Waals surface area contributed by atoms with Gasteiger partial charge in [-0.2, -0.15) is 4.48 Å². The molecule has 0 spiro atoms. The third-order valence-electron chi connectivity index (χ3n) is 5.44. The molecule has 106 valence electrons. The van der Waals surface area contributed by atoms with Crippen molar-refractivity contribution in [3.63, 3.8) is 0 Å². The molecule has 0 aromatic rings. The Morgan fingerprint density at radius 2 is 2.15 bits per heavy atom. The number of nitrogens with zero attached hydrogens (tertiary/aromatic N) is 2. The molecular formula is C14H17N2O4+. The lowest BCUT2D eigenvalue weighted by Gasteiger charge is -2.43. The van der Waals surface area contributed by atoms with Crippen LogP contribution in [0.15, 0.2) is 12.2 Å². The molecule has 0 aliphatic carbocycles. The number of carbonyl (C=O) groups excluding carboxylic acids is 3. The molecular weight excluding hydrogens is 260 g/mol. The molecule has 0 N–H and O–H groups in total. The van der Waals surface area contributed by atoms with Crippen LogP contribution in [-0.4, -0.2) is 51.6 Å². The Labute approximate surface area is 116 Å². The normalized spacial score (nSPS) is 44.8. The van der Waals surface area contributed by atoms with Gasteiger partial charge in [-0.3, -0.25) is 9.59 Å². The fraction of sp³-hybridized carbons (Fsp3) is 0.643. The Balaban J connectivity index is 1.98. The molecule has 4 heterocycles. The zero-order valence-electron chi connectivity index (χ0n) is 11.4.